The first-order chi connectivity index (χ1) is 13.2. The van der Waals surface area contributed by atoms with Gasteiger partial charge in [0.25, 0.3) is 0 Å². The second kappa shape index (κ2) is 7.55. The molecule has 2 atom stereocenters. The predicted octanol–water partition coefficient (Wildman–Crippen LogP) is 4.46. The van der Waals surface area contributed by atoms with E-state index in [0.29, 0.717) is 5.92 Å². The van der Waals surface area contributed by atoms with Gasteiger partial charge in [-0.3, -0.25) is 0 Å². The summed E-state index contributed by atoms with van der Waals surface area (Å²) in [6.07, 6.45) is 7.09. The van der Waals surface area contributed by atoms with Crippen molar-refractivity contribution in [1.82, 2.24) is 4.90 Å². The van der Waals surface area contributed by atoms with Crippen LogP contribution in [0.25, 0.3) is 0 Å². The van der Waals surface area contributed by atoms with E-state index in [0.717, 1.165) is 74.4 Å². The number of fused-ring (bicyclic) bond motifs is 4. The Kier molecular flexibility index (Phi) is 5.10. The molecule has 0 radical (unpaired) electrons. The summed E-state index contributed by atoms with van der Waals surface area (Å²) in [6.45, 7) is 6.19. The molecule has 5 rings (SSSR count). The van der Waals surface area contributed by atoms with E-state index in [1.54, 1.807) is 0 Å². The number of likely N-dealkylation sites (tertiary alicyclic amines) is 1. The van der Waals surface area contributed by atoms with Crippen molar-refractivity contribution in [3.63, 3.8) is 0 Å². The highest BCUT2D eigenvalue weighted by Gasteiger charge is 2.52. The van der Waals surface area contributed by atoms with Crippen molar-refractivity contribution in [2.75, 3.05) is 39.5 Å². The quantitative estimate of drug-likeness (QED) is 0.744. The number of rotatable bonds is 2. The van der Waals surface area contributed by atoms with Crippen molar-refractivity contribution in [1.29, 1.82) is 0 Å². The van der Waals surface area contributed by atoms with Gasteiger partial charge in [0.2, 0.25) is 0 Å². The van der Waals surface area contributed by atoms with E-state index < -0.39 is 0 Å². The van der Waals surface area contributed by atoms with Crippen LogP contribution < -0.4 is 4.74 Å². The summed E-state index contributed by atoms with van der Waals surface area (Å²) in [5.41, 5.74) is 1.08. The normalized spacial score (nSPS) is 31.1. The molecular formula is C22H30ClNO3. The predicted molar refractivity (Wildman–Crippen MR) is 105 cm³/mol. The van der Waals surface area contributed by atoms with E-state index in [1.165, 1.54) is 25.8 Å². The smallest absolute Gasteiger partial charge is 0.126 e. The van der Waals surface area contributed by atoms with Crippen LogP contribution in [0, 0.1) is 11.8 Å². The van der Waals surface area contributed by atoms with Crippen molar-refractivity contribution >= 4 is 11.6 Å². The van der Waals surface area contributed by atoms with Gasteiger partial charge in [0, 0.05) is 68.8 Å². The third kappa shape index (κ3) is 3.50. The summed E-state index contributed by atoms with van der Waals surface area (Å²) in [5, 5.41) is 0.771. The number of hydrogen-bond donors (Lipinski definition) is 0. The van der Waals surface area contributed by atoms with Gasteiger partial charge in [0.05, 0.1) is 6.10 Å². The molecule has 3 fully saturated rings. The SMILES string of the molecule is Clc1ccc2c(c1)[C@H]1OCCC[C@@H]1C1(CCN(CC3CCOCC3)CC1)O2. The van der Waals surface area contributed by atoms with Crippen LogP contribution in [0.4, 0.5) is 0 Å². The van der Waals surface area contributed by atoms with Crippen LogP contribution in [0.5, 0.6) is 5.75 Å². The third-order valence-electron chi connectivity index (χ3n) is 7.15. The summed E-state index contributed by atoms with van der Waals surface area (Å²) in [4.78, 5) is 2.65. The molecular weight excluding hydrogens is 362 g/mol. The molecule has 148 valence electrons. The summed E-state index contributed by atoms with van der Waals surface area (Å²) in [6, 6.07) is 6.03. The Morgan fingerprint density at radius 1 is 1.07 bits per heavy atom. The second-order valence-corrected chi connectivity index (χ2v) is 9.18. The molecule has 27 heavy (non-hydrogen) atoms. The first kappa shape index (κ1) is 18.2. The molecule has 4 aliphatic heterocycles. The molecule has 0 unspecified atom stereocenters. The molecule has 0 amide bonds. The molecule has 5 heteroatoms. The van der Waals surface area contributed by atoms with Gasteiger partial charge >= 0.3 is 0 Å². The lowest BCUT2D eigenvalue weighted by molar-refractivity contribution is -0.150. The van der Waals surface area contributed by atoms with Gasteiger partial charge in [-0.05, 0) is 49.8 Å². The maximum absolute atomic E-state index is 6.74. The molecule has 0 aromatic heterocycles. The van der Waals surface area contributed by atoms with Gasteiger partial charge in [0.15, 0.2) is 0 Å². The molecule has 3 saturated heterocycles. The van der Waals surface area contributed by atoms with Crippen LogP contribution in [0.3, 0.4) is 0 Å². The molecule has 0 N–H and O–H groups in total. The van der Waals surface area contributed by atoms with E-state index in [2.05, 4.69) is 4.90 Å². The molecule has 4 heterocycles. The fourth-order valence-corrected chi connectivity index (χ4v) is 5.82. The molecule has 1 aromatic rings. The zero-order valence-electron chi connectivity index (χ0n) is 16.0. The molecule has 1 aromatic carbocycles. The minimum absolute atomic E-state index is 0.0713. The minimum Gasteiger partial charge on any atom is -0.486 e. The van der Waals surface area contributed by atoms with Gasteiger partial charge < -0.3 is 19.1 Å². The molecule has 0 bridgehead atoms. The first-order valence-electron chi connectivity index (χ1n) is 10.6. The fraction of sp³-hybridized carbons (Fsp3) is 0.727. The standard InChI is InChI=1S/C22H30ClNO3/c23-17-3-4-20-18(14-17)21-19(2-1-11-26-21)22(27-20)7-9-24(10-8-22)15-16-5-12-25-13-6-16/h3-4,14,16,19,21H,1-2,5-13,15H2/t19-,21+/m0/s1. The lowest BCUT2D eigenvalue weighted by Crippen LogP contribution is -2.57. The Hall–Kier alpha value is -0.810. The summed E-state index contributed by atoms with van der Waals surface area (Å²) < 4.78 is 18.5. The van der Waals surface area contributed by atoms with Crippen LogP contribution in [0.1, 0.15) is 50.2 Å². The highest BCUT2D eigenvalue weighted by Crippen LogP contribution is 2.53. The van der Waals surface area contributed by atoms with Crippen molar-refractivity contribution in [3.8, 4) is 5.75 Å². The largest absolute Gasteiger partial charge is 0.486 e. The maximum Gasteiger partial charge on any atom is 0.126 e. The van der Waals surface area contributed by atoms with Gasteiger partial charge in [-0.1, -0.05) is 11.6 Å². The Balaban J connectivity index is 1.33. The number of ether oxygens (including phenoxy) is 3. The fourth-order valence-electron chi connectivity index (χ4n) is 5.64. The molecule has 1 spiro atoms. The third-order valence-corrected chi connectivity index (χ3v) is 7.38. The molecule has 0 saturated carbocycles. The Morgan fingerprint density at radius 3 is 2.70 bits per heavy atom. The second-order valence-electron chi connectivity index (χ2n) is 8.75. The molecule has 4 aliphatic rings. The zero-order valence-corrected chi connectivity index (χ0v) is 16.8. The monoisotopic (exact) mass is 391 g/mol. The molecule has 4 nitrogen and oxygen atoms in total. The highest BCUT2D eigenvalue weighted by molar-refractivity contribution is 6.30. The van der Waals surface area contributed by atoms with Crippen LogP contribution in [-0.4, -0.2) is 50.0 Å². The number of hydrogen-bond acceptors (Lipinski definition) is 4. The lowest BCUT2D eigenvalue weighted by Gasteiger charge is -2.53. The van der Waals surface area contributed by atoms with Gasteiger partial charge in [-0.25, -0.2) is 0 Å². The summed E-state index contributed by atoms with van der Waals surface area (Å²) in [7, 11) is 0. The average molecular weight is 392 g/mol. The first-order valence-corrected chi connectivity index (χ1v) is 11.0. The van der Waals surface area contributed by atoms with Gasteiger partial charge in [-0.2, -0.15) is 0 Å². The number of benzene rings is 1. The van der Waals surface area contributed by atoms with Crippen LogP contribution in [0.2, 0.25) is 5.02 Å². The number of nitrogens with zero attached hydrogens (tertiary/aromatic N) is 1. The summed E-state index contributed by atoms with van der Waals surface area (Å²) in [5.74, 6) is 2.23. The van der Waals surface area contributed by atoms with E-state index >= 15 is 0 Å². The van der Waals surface area contributed by atoms with Crippen LogP contribution in [0.15, 0.2) is 18.2 Å². The topological polar surface area (TPSA) is 30.9 Å². The maximum atomic E-state index is 6.74. The average Bonchev–Trinajstić information content (AvgIpc) is 2.72. The van der Waals surface area contributed by atoms with E-state index in [9.17, 15) is 0 Å². The van der Waals surface area contributed by atoms with Gasteiger partial charge in [0.1, 0.15) is 11.4 Å². The minimum atomic E-state index is -0.0713. The van der Waals surface area contributed by atoms with Crippen molar-refractivity contribution in [3.05, 3.63) is 28.8 Å². The molecule has 0 aliphatic carbocycles. The van der Waals surface area contributed by atoms with Gasteiger partial charge in [-0.15, -0.1) is 0 Å². The van der Waals surface area contributed by atoms with Crippen molar-refractivity contribution in [2.45, 2.75) is 50.2 Å². The van der Waals surface area contributed by atoms with E-state index in [4.69, 9.17) is 25.8 Å². The lowest BCUT2D eigenvalue weighted by atomic mass is 9.70. The van der Waals surface area contributed by atoms with E-state index in [-0.39, 0.29) is 11.7 Å². The number of piperidine rings is 1. The van der Waals surface area contributed by atoms with Crippen LogP contribution >= 0.6 is 11.6 Å². The number of halogens is 1. The summed E-state index contributed by atoms with van der Waals surface area (Å²) >= 11 is 6.27. The van der Waals surface area contributed by atoms with Crippen molar-refractivity contribution in [2.24, 2.45) is 11.8 Å². The Morgan fingerprint density at radius 2 is 1.89 bits per heavy atom. The van der Waals surface area contributed by atoms with E-state index in [1.807, 2.05) is 18.2 Å². The highest BCUT2D eigenvalue weighted by atomic mass is 35.5. The van der Waals surface area contributed by atoms with Crippen molar-refractivity contribution < 1.29 is 14.2 Å². The Labute approximate surface area is 167 Å². The van der Waals surface area contributed by atoms with Crippen LogP contribution in [-0.2, 0) is 9.47 Å². The zero-order chi connectivity index (χ0) is 18.3. The Bertz CT molecular complexity index is 668.